The third-order valence-electron chi connectivity index (χ3n) is 6.01. The van der Waals surface area contributed by atoms with E-state index in [1.165, 1.54) is 4.88 Å². The fourth-order valence-corrected chi connectivity index (χ4v) is 6.52. The van der Waals surface area contributed by atoms with Crippen molar-refractivity contribution in [1.82, 2.24) is 9.55 Å². The number of nitrogens with one attached hydrogen (secondary N) is 1. The Morgan fingerprint density at radius 2 is 1.92 bits per heavy atom. The number of rotatable bonds is 5. The highest BCUT2D eigenvalue weighted by Crippen LogP contribution is 2.37. The van der Waals surface area contributed by atoms with Gasteiger partial charge in [0.2, 0.25) is 5.04 Å². The molecule has 0 amide bonds. The van der Waals surface area contributed by atoms with Crippen LogP contribution in [-0.2, 0) is 22.4 Å². The molecule has 0 bridgehead atoms. The van der Waals surface area contributed by atoms with E-state index in [2.05, 4.69) is 17.5 Å². The van der Waals surface area contributed by atoms with Crippen LogP contribution in [-0.4, -0.2) is 27.2 Å². The highest BCUT2D eigenvalue weighted by Gasteiger charge is 2.27. The second-order valence-electron chi connectivity index (χ2n) is 8.62. The third-order valence-corrected chi connectivity index (χ3v) is 8.07. The minimum Gasteiger partial charge on any atom is -0.461 e. The average Bonchev–Trinajstić information content (AvgIpc) is 3.25. The summed E-state index contributed by atoms with van der Waals surface area (Å²) in [5.74, 6) is 0.00144. The smallest absolute Gasteiger partial charge is 0.365 e. The Morgan fingerprint density at radius 3 is 2.64 bits per heavy atom. The van der Waals surface area contributed by atoms with Crippen molar-refractivity contribution in [2.24, 2.45) is 11.0 Å². The van der Waals surface area contributed by atoms with Gasteiger partial charge in [0.25, 0.3) is 5.56 Å². The number of aromatic nitrogens is 2. The second-order valence-corrected chi connectivity index (χ2v) is 10.7. The number of hydrogen-bond donors (Lipinski definition) is 1. The van der Waals surface area contributed by atoms with Crippen LogP contribution in [0.1, 0.15) is 30.7 Å². The van der Waals surface area contributed by atoms with Crippen LogP contribution < -0.4 is 11.0 Å². The third kappa shape index (κ3) is 4.94. The van der Waals surface area contributed by atoms with Crippen molar-refractivity contribution in [2.75, 3.05) is 12.0 Å². The van der Waals surface area contributed by atoms with E-state index in [4.69, 9.17) is 9.72 Å². The highest BCUT2D eigenvalue weighted by molar-refractivity contribution is 8.15. The first-order chi connectivity index (χ1) is 17.5. The zero-order valence-electron chi connectivity index (χ0n) is 20.1. The minimum absolute atomic E-state index is 0.0616. The Hall–Kier alpha value is -3.43. The first-order valence-electron chi connectivity index (χ1n) is 11.9. The molecular weight excluding hydrogens is 492 g/mol. The minimum atomic E-state index is -0.584. The Balaban J connectivity index is 1.64. The van der Waals surface area contributed by atoms with E-state index in [0.717, 1.165) is 42.3 Å². The molecule has 0 aliphatic heterocycles. The first-order valence-corrected chi connectivity index (χ1v) is 13.5. The van der Waals surface area contributed by atoms with Gasteiger partial charge in [0, 0.05) is 4.88 Å². The summed E-state index contributed by atoms with van der Waals surface area (Å²) in [6.45, 7) is 4.19. The van der Waals surface area contributed by atoms with Gasteiger partial charge in [-0.15, -0.1) is 11.3 Å². The summed E-state index contributed by atoms with van der Waals surface area (Å²) < 4.78 is 6.84. The zero-order chi connectivity index (χ0) is 25.1. The van der Waals surface area contributed by atoms with Crippen LogP contribution in [0.15, 0.2) is 75.7 Å². The predicted octanol–water partition coefficient (Wildman–Crippen LogP) is 5.65. The number of fused-ring (bicyclic) bond motifs is 3. The molecule has 1 N–H and O–H groups in total. The number of benzene rings is 2. The number of thioether (sulfide) groups is 1. The van der Waals surface area contributed by atoms with Gasteiger partial charge in [-0.05, 0) is 73.7 Å². The van der Waals surface area contributed by atoms with Crippen LogP contribution in [0.4, 0.5) is 5.69 Å². The van der Waals surface area contributed by atoms with Gasteiger partial charge in [-0.1, -0.05) is 43.3 Å². The molecule has 4 aromatic rings. The number of nitrogens with zero attached hydrogens (tertiary/aromatic N) is 3. The normalized spacial score (nSPS) is 15.5. The average molecular weight is 519 g/mol. The molecule has 0 fully saturated rings. The van der Waals surface area contributed by atoms with E-state index < -0.39 is 5.97 Å². The number of anilines is 1. The number of aryl methyl sites for hydroxylation is 1. The number of para-hydroxylation sites is 2. The topological polar surface area (TPSA) is 85.6 Å². The zero-order valence-corrected chi connectivity index (χ0v) is 21.7. The lowest BCUT2D eigenvalue weighted by Crippen LogP contribution is -2.24. The Bertz CT molecular complexity index is 1480. The lowest BCUT2D eigenvalue weighted by molar-refractivity contribution is -0.134. The number of esters is 1. The quantitative estimate of drug-likeness (QED) is 0.0917. The van der Waals surface area contributed by atoms with E-state index in [1.807, 2.05) is 60.7 Å². The molecule has 9 heteroatoms. The van der Waals surface area contributed by atoms with Crippen molar-refractivity contribution in [3.63, 3.8) is 0 Å². The first kappa shape index (κ1) is 24.3. The maximum Gasteiger partial charge on any atom is 0.365 e. The van der Waals surface area contributed by atoms with Crippen molar-refractivity contribution in [1.29, 1.82) is 0 Å². The molecule has 0 spiro atoms. The molecule has 1 aliphatic rings. The summed E-state index contributed by atoms with van der Waals surface area (Å²) in [7, 11) is 0. The Morgan fingerprint density at radius 1 is 1.19 bits per heavy atom. The lowest BCUT2D eigenvalue weighted by atomic mass is 9.89. The number of hydrogen-bond acceptors (Lipinski definition) is 8. The summed E-state index contributed by atoms with van der Waals surface area (Å²) >= 11 is 2.61. The van der Waals surface area contributed by atoms with Gasteiger partial charge in [0.05, 0.1) is 23.4 Å². The number of hydrazone groups is 1. The predicted molar refractivity (Wildman–Crippen MR) is 146 cm³/mol. The van der Waals surface area contributed by atoms with Gasteiger partial charge < -0.3 is 4.74 Å². The summed E-state index contributed by atoms with van der Waals surface area (Å²) in [6, 6.07) is 18.7. The number of carbonyl (C=O) groups is 1. The van der Waals surface area contributed by atoms with Crippen molar-refractivity contribution in [3.05, 3.63) is 81.5 Å². The lowest BCUT2D eigenvalue weighted by Gasteiger charge is -2.18. The van der Waals surface area contributed by atoms with Gasteiger partial charge in [-0.3, -0.25) is 14.8 Å². The summed E-state index contributed by atoms with van der Waals surface area (Å²) in [5.41, 5.74) is 5.32. The van der Waals surface area contributed by atoms with Gasteiger partial charge in [0.1, 0.15) is 4.83 Å². The van der Waals surface area contributed by atoms with Crippen molar-refractivity contribution < 1.29 is 9.53 Å². The molecule has 2 heterocycles. The molecule has 7 nitrogen and oxygen atoms in total. The SMILES string of the molecule is CCOC(=O)/C(=N/Nc1ccccc1)Sc1nc2sc3c(c2c(=O)n1-c1ccccc1)CC[C@H](C)C3. The van der Waals surface area contributed by atoms with Crippen molar-refractivity contribution in [2.45, 2.75) is 38.3 Å². The maximum atomic E-state index is 14.0. The standard InChI is InChI=1S/C27H26N4O3S2/c1-3-34-26(33)24(30-29-18-10-6-4-7-11-18)36-27-28-23-22(20-15-14-17(2)16-21(20)35-23)25(32)31(27)19-12-8-5-9-13-19/h4-13,17,29H,3,14-16H2,1-2H3/b30-24-/t17-/m0/s1. The second kappa shape index (κ2) is 10.7. The Kier molecular flexibility index (Phi) is 7.20. The summed E-state index contributed by atoms with van der Waals surface area (Å²) in [4.78, 5) is 33.6. The van der Waals surface area contributed by atoms with E-state index >= 15 is 0 Å². The van der Waals surface area contributed by atoms with E-state index in [0.29, 0.717) is 27.0 Å². The molecule has 1 atom stereocenters. The number of carbonyl (C=O) groups excluding carboxylic acids is 1. The summed E-state index contributed by atoms with van der Waals surface area (Å²) in [6.07, 6.45) is 2.90. The van der Waals surface area contributed by atoms with Gasteiger partial charge in [-0.2, -0.15) is 5.10 Å². The van der Waals surface area contributed by atoms with E-state index in [9.17, 15) is 9.59 Å². The molecule has 2 aromatic heterocycles. The van der Waals surface area contributed by atoms with Crippen LogP contribution in [0.25, 0.3) is 15.9 Å². The van der Waals surface area contributed by atoms with Crippen LogP contribution in [0.5, 0.6) is 0 Å². The molecule has 0 saturated carbocycles. The molecule has 5 rings (SSSR count). The molecule has 184 valence electrons. The number of thiophene rings is 1. The molecule has 0 unspecified atom stereocenters. The van der Waals surface area contributed by atoms with Gasteiger partial charge in [-0.25, -0.2) is 9.78 Å². The van der Waals surface area contributed by atoms with E-state index in [-0.39, 0.29) is 17.2 Å². The van der Waals surface area contributed by atoms with Gasteiger partial charge >= 0.3 is 5.97 Å². The maximum absolute atomic E-state index is 14.0. The summed E-state index contributed by atoms with van der Waals surface area (Å²) in [5, 5.41) is 5.45. The molecule has 2 aromatic carbocycles. The van der Waals surface area contributed by atoms with Crippen LogP contribution in [0.2, 0.25) is 0 Å². The fourth-order valence-electron chi connectivity index (χ4n) is 4.26. The van der Waals surface area contributed by atoms with Crippen molar-refractivity contribution >= 4 is 50.0 Å². The Labute approximate surface area is 217 Å². The monoisotopic (exact) mass is 518 g/mol. The molecule has 1 aliphatic carbocycles. The van der Waals surface area contributed by atoms with Crippen LogP contribution in [0, 0.1) is 5.92 Å². The fraction of sp³-hybridized carbons (Fsp3) is 0.259. The van der Waals surface area contributed by atoms with Crippen molar-refractivity contribution in [3.8, 4) is 5.69 Å². The number of ether oxygens (including phenoxy) is 1. The molecule has 0 saturated heterocycles. The molecule has 36 heavy (non-hydrogen) atoms. The van der Waals surface area contributed by atoms with Gasteiger partial charge in [0.15, 0.2) is 5.16 Å². The highest BCUT2D eigenvalue weighted by atomic mass is 32.2. The molecular formula is C27H26N4O3S2. The largest absolute Gasteiger partial charge is 0.461 e. The van der Waals surface area contributed by atoms with Crippen LogP contribution >= 0.6 is 23.1 Å². The van der Waals surface area contributed by atoms with E-state index in [1.54, 1.807) is 22.8 Å². The van der Waals surface area contributed by atoms with Crippen LogP contribution in [0.3, 0.4) is 0 Å². The molecule has 0 radical (unpaired) electrons.